The Balaban J connectivity index is 0.000000185. The van der Waals surface area contributed by atoms with Gasteiger partial charge < -0.3 is 9.13 Å². The number of nitrogens with zero attached hydrogens (tertiary/aromatic N) is 6. The Kier molecular flexibility index (Phi) is 9.75. The summed E-state index contributed by atoms with van der Waals surface area (Å²) >= 11 is 3.25. The molecule has 4 aromatic heterocycles. The number of aryl methyl sites for hydroxylation is 2. The molecule has 0 unspecified atom stereocenters. The molecule has 0 spiro atoms. The van der Waals surface area contributed by atoms with Crippen molar-refractivity contribution in [2.75, 3.05) is 0 Å². The Morgan fingerprint density at radius 1 is 0.660 bits per heavy atom. The number of hydrogen-bond acceptors (Lipinski definition) is 4. The third-order valence-corrected chi connectivity index (χ3v) is 7.88. The average molecular weight is 710 g/mol. The van der Waals surface area contributed by atoms with Gasteiger partial charge in [-0.2, -0.15) is 10.2 Å². The van der Waals surface area contributed by atoms with E-state index in [1.165, 1.54) is 39.5 Å². The Bertz CT molecular complexity index is 2220. The van der Waals surface area contributed by atoms with Gasteiger partial charge in [0.05, 0.1) is 39.6 Å². The van der Waals surface area contributed by atoms with E-state index in [1.54, 1.807) is 60.1 Å². The van der Waals surface area contributed by atoms with Gasteiger partial charge in [0, 0.05) is 54.8 Å². The molecular weight excluding hydrogens is 680 g/mol. The molecule has 0 bridgehead atoms. The van der Waals surface area contributed by atoms with Gasteiger partial charge in [-0.25, -0.2) is 26.9 Å². The van der Waals surface area contributed by atoms with E-state index in [1.807, 2.05) is 13.8 Å². The minimum Gasteiger partial charge on any atom is -0.306 e. The largest absolute Gasteiger partial charge is 0.306 e. The van der Waals surface area contributed by atoms with Crippen LogP contribution < -0.4 is 11.1 Å². The molecule has 0 amide bonds. The highest BCUT2D eigenvalue weighted by molar-refractivity contribution is 9.10. The molecule has 0 radical (unpaired) electrons. The lowest BCUT2D eigenvalue weighted by molar-refractivity contribution is 0.582. The number of halogens is 5. The predicted octanol–water partition coefficient (Wildman–Crippen LogP) is 7.38. The van der Waals surface area contributed by atoms with Gasteiger partial charge >= 0.3 is 0 Å². The van der Waals surface area contributed by atoms with Crippen LogP contribution in [0.1, 0.15) is 25.0 Å². The Hall–Kier alpha value is -5.04. The van der Waals surface area contributed by atoms with E-state index in [9.17, 15) is 27.2 Å². The molecule has 0 N–H and O–H groups in total. The van der Waals surface area contributed by atoms with Crippen LogP contribution in [0.2, 0.25) is 0 Å². The van der Waals surface area contributed by atoms with Crippen LogP contribution in [0.4, 0.5) is 17.6 Å². The second kappa shape index (κ2) is 13.8. The van der Waals surface area contributed by atoms with E-state index < -0.39 is 23.3 Å². The molecular formula is C34H29BrF4N6O2. The first kappa shape index (κ1) is 33.3. The second-order valence-corrected chi connectivity index (χ2v) is 11.5. The third kappa shape index (κ3) is 6.75. The lowest BCUT2D eigenvalue weighted by Crippen LogP contribution is -2.24. The highest BCUT2D eigenvalue weighted by Crippen LogP contribution is 2.31. The van der Waals surface area contributed by atoms with Crippen molar-refractivity contribution in [3.05, 3.63) is 139 Å². The molecule has 242 valence electrons. The van der Waals surface area contributed by atoms with Crippen LogP contribution in [0.25, 0.3) is 33.9 Å². The van der Waals surface area contributed by atoms with Crippen LogP contribution >= 0.6 is 15.9 Å². The first-order valence-corrected chi connectivity index (χ1v) is 15.3. The summed E-state index contributed by atoms with van der Waals surface area (Å²) < 4.78 is 61.6. The van der Waals surface area contributed by atoms with E-state index in [0.29, 0.717) is 40.3 Å². The van der Waals surface area contributed by atoms with Crippen LogP contribution in [0.5, 0.6) is 0 Å². The highest BCUT2D eigenvalue weighted by Gasteiger charge is 2.20. The van der Waals surface area contributed by atoms with Crippen molar-refractivity contribution in [2.45, 2.75) is 40.8 Å². The molecule has 4 heterocycles. The molecule has 8 nitrogen and oxygen atoms in total. The van der Waals surface area contributed by atoms with Crippen molar-refractivity contribution in [3.8, 4) is 33.9 Å². The lowest BCUT2D eigenvalue weighted by atomic mass is 10.1. The fourth-order valence-corrected chi connectivity index (χ4v) is 5.61. The topological polar surface area (TPSA) is 79.6 Å². The van der Waals surface area contributed by atoms with Crippen LogP contribution in [0.3, 0.4) is 0 Å². The SMILES string of the molecule is CCn1c(-c2ccc(F)cc2F)c(-n2cc(C)cn2)cc(Br)c1=O.CCn1c(-c2ccc(F)cc2F)c(-n2cc(C)cn2)ccc1=O. The first-order valence-electron chi connectivity index (χ1n) is 14.5. The minimum atomic E-state index is -0.732. The zero-order valence-electron chi connectivity index (χ0n) is 25.8. The van der Waals surface area contributed by atoms with Crippen molar-refractivity contribution in [1.29, 1.82) is 0 Å². The number of rotatable bonds is 6. The van der Waals surface area contributed by atoms with Crippen LogP contribution in [-0.2, 0) is 13.1 Å². The van der Waals surface area contributed by atoms with Gasteiger partial charge in [0.1, 0.15) is 23.3 Å². The normalized spacial score (nSPS) is 11.0. The number of pyridine rings is 2. The zero-order valence-corrected chi connectivity index (χ0v) is 27.4. The molecule has 0 aliphatic heterocycles. The molecule has 6 rings (SSSR count). The van der Waals surface area contributed by atoms with Crippen molar-refractivity contribution in [3.63, 3.8) is 0 Å². The van der Waals surface area contributed by atoms with E-state index in [2.05, 4.69) is 26.1 Å². The maximum absolute atomic E-state index is 14.4. The summed E-state index contributed by atoms with van der Waals surface area (Å²) in [7, 11) is 0. The lowest BCUT2D eigenvalue weighted by Gasteiger charge is -2.17. The molecule has 0 aliphatic rings. The van der Waals surface area contributed by atoms with E-state index in [-0.39, 0.29) is 22.2 Å². The number of benzene rings is 2. The van der Waals surface area contributed by atoms with E-state index >= 15 is 0 Å². The molecule has 0 atom stereocenters. The van der Waals surface area contributed by atoms with Gasteiger partial charge in [0.2, 0.25) is 0 Å². The van der Waals surface area contributed by atoms with Crippen molar-refractivity contribution in [1.82, 2.24) is 28.7 Å². The number of aromatic nitrogens is 6. The van der Waals surface area contributed by atoms with E-state index in [0.717, 1.165) is 23.3 Å². The minimum absolute atomic E-state index is 0.144. The molecule has 0 aliphatic carbocycles. The second-order valence-electron chi connectivity index (χ2n) is 10.6. The summed E-state index contributed by atoms with van der Waals surface area (Å²) in [5.41, 5.74) is 3.44. The molecule has 2 aromatic carbocycles. The summed E-state index contributed by atoms with van der Waals surface area (Å²) in [6.45, 7) is 8.04. The standard InChI is InChI=1S/C17H14BrF2N3O.C17H15F2N3O/c1-3-22-16(12-5-4-11(19)6-14(12)20)15(7-13(18)17(22)24)23-9-10(2)8-21-23;1-3-21-16(23)7-6-15(22-10-11(2)9-20-22)17(21)13-5-4-12(18)8-14(13)19/h4-9H,3H2,1-2H3;4-10H,3H2,1-2H3. The fraction of sp³-hybridized carbons (Fsp3) is 0.176. The van der Waals surface area contributed by atoms with Gasteiger partial charge in [-0.3, -0.25) is 9.59 Å². The molecule has 0 saturated heterocycles. The van der Waals surface area contributed by atoms with Gasteiger partial charge in [-0.15, -0.1) is 0 Å². The summed E-state index contributed by atoms with van der Waals surface area (Å²) in [4.78, 5) is 24.6. The molecule has 6 aromatic rings. The van der Waals surface area contributed by atoms with Crippen molar-refractivity contribution >= 4 is 15.9 Å². The third-order valence-electron chi connectivity index (χ3n) is 7.31. The first-order chi connectivity index (χ1) is 22.4. The Morgan fingerprint density at radius 3 is 1.60 bits per heavy atom. The van der Waals surface area contributed by atoms with E-state index in [4.69, 9.17) is 0 Å². The van der Waals surface area contributed by atoms with Crippen LogP contribution in [-0.4, -0.2) is 28.7 Å². The Labute approximate surface area is 275 Å². The maximum atomic E-state index is 14.4. The van der Waals surface area contributed by atoms with Crippen LogP contribution in [0.15, 0.2) is 93.4 Å². The highest BCUT2D eigenvalue weighted by atomic mass is 79.9. The van der Waals surface area contributed by atoms with Gasteiger partial charge in [0.15, 0.2) is 0 Å². The molecule has 13 heteroatoms. The molecule has 0 fully saturated rings. The quantitative estimate of drug-likeness (QED) is 0.169. The zero-order chi connectivity index (χ0) is 34.0. The average Bonchev–Trinajstić information content (AvgIpc) is 3.66. The monoisotopic (exact) mass is 708 g/mol. The Morgan fingerprint density at radius 2 is 1.15 bits per heavy atom. The predicted molar refractivity (Wildman–Crippen MR) is 175 cm³/mol. The molecule has 47 heavy (non-hydrogen) atoms. The molecule has 0 saturated carbocycles. The maximum Gasteiger partial charge on any atom is 0.265 e. The van der Waals surface area contributed by atoms with Gasteiger partial charge in [0.25, 0.3) is 11.1 Å². The van der Waals surface area contributed by atoms with Gasteiger partial charge in [-0.05, 0) is 91.1 Å². The van der Waals surface area contributed by atoms with Crippen LogP contribution in [0, 0.1) is 37.1 Å². The smallest absolute Gasteiger partial charge is 0.265 e. The summed E-state index contributed by atoms with van der Waals surface area (Å²) in [5.74, 6) is -2.79. The summed E-state index contributed by atoms with van der Waals surface area (Å²) in [6.07, 6.45) is 6.90. The summed E-state index contributed by atoms with van der Waals surface area (Å²) in [6, 6.07) is 11.2. The van der Waals surface area contributed by atoms with Crippen molar-refractivity contribution < 1.29 is 17.6 Å². The van der Waals surface area contributed by atoms with Gasteiger partial charge in [-0.1, -0.05) is 0 Å². The number of hydrogen-bond donors (Lipinski definition) is 0. The fourth-order valence-electron chi connectivity index (χ4n) is 5.18. The van der Waals surface area contributed by atoms with Crippen molar-refractivity contribution in [2.24, 2.45) is 0 Å². The summed E-state index contributed by atoms with van der Waals surface area (Å²) in [5, 5.41) is 8.48.